The first kappa shape index (κ1) is 28.4. The Morgan fingerprint density at radius 1 is 1.15 bits per heavy atom. The molecule has 3 aliphatic carbocycles. The van der Waals surface area contributed by atoms with Crippen molar-refractivity contribution in [3.63, 3.8) is 0 Å². The van der Waals surface area contributed by atoms with Crippen molar-refractivity contribution < 1.29 is 48.3 Å². The Bertz CT molecular complexity index is 1270. The summed E-state index contributed by atoms with van der Waals surface area (Å²) in [6.45, 7) is 8.02. The molecule has 5 rings (SSSR count). The third-order valence-corrected chi connectivity index (χ3v) is 9.98. The number of aliphatic hydroxyl groups excluding tert-OH is 1. The van der Waals surface area contributed by atoms with Crippen molar-refractivity contribution in [1.82, 2.24) is 0 Å². The predicted molar refractivity (Wildman–Crippen MR) is 139 cm³/mol. The molecule has 0 amide bonds. The lowest BCUT2D eigenvalue weighted by atomic mass is 9.45. The van der Waals surface area contributed by atoms with E-state index < -0.39 is 70.1 Å². The number of aliphatic hydroxyl groups is 2. The van der Waals surface area contributed by atoms with Crippen molar-refractivity contribution in [1.29, 1.82) is 0 Å². The molecule has 0 unspecified atom stereocenters. The topological polar surface area (TPSA) is 146 Å². The average molecular weight is 557 g/mol. The van der Waals surface area contributed by atoms with Crippen LogP contribution in [-0.4, -0.2) is 76.6 Å². The van der Waals surface area contributed by atoms with Crippen molar-refractivity contribution in [2.75, 3.05) is 6.61 Å². The summed E-state index contributed by atoms with van der Waals surface area (Å²) >= 11 is 0. The predicted octanol–water partition coefficient (Wildman–Crippen LogP) is 2.29. The summed E-state index contributed by atoms with van der Waals surface area (Å²) in [5.41, 5.74) is -5.22. The number of ketones is 1. The van der Waals surface area contributed by atoms with Crippen LogP contribution in [0.2, 0.25) is 0 Å². The molecule has 216 valence electrons. The molecule has 4 aliphatic rings. The van der Waals surface area contributed by atoms with Gasteiger partial charge in [-0.3, -0.25) is 14.4 Å². The summed E-state index contributed by atoms with van der Waals surface area (Å²) < 4.78 is 23.5. The Labute approximate surface area is 232 Å². The van der Waals surface area contributed by atoms with Gasteiger partial charge in [0.15, 0.2) is 17.5 Å². The van der Waals surface area contributed by atoms with Crippen LogP contribution in [0.5, 0.6) is 0 Å². The maximum Gasteiger partial charge on any atom is 0.338 e. The van der Waals surface area contributed by atoms with Gasteiger partial charge in [-0.1, -0.05) is 39.0 Å². The van der Waals surface area contributed by atoms with Gasteiger partial charge in [-0.2, -0.15) is 0 Å². The maximum atomic E-state index is 14.6. The minimum atomic E-state index is -1.98. The minimum Gasteiger partial charge on any atom is -0.455 e. The second kappa shape index (κ2) is 9.49. The zero-order chi connectivity index (χ0) is 29.3. The first-order valence-corrected chi connectivity index (χ1v) is 13.6. The smallest absolute Gasteiger partial charge is 0.338 e. The van der Waals surface area contributed by atoms with E-state index in [0.29, 0.717) is 12.0 Å². The van der Waals surface area contributed by atoms with Crippen LogP contribution in [0.1, 0.15) is 64.2 Å². The summed E-state index contributed by atoms with van der Waals surface area (Å²) in [5.74, 6) is -2.94. The lowest BCUT2D eigenvalue weighted by molar-refractivity contribution is -0.332. The number of benzene rings is 1. The van der Waals surface area contributed by atoms with E-state index in [9.17, 15) is 29.4 Å². The number of carbonyl (C=O) groups is 4. The maximum absolute atomic E-state index is 14.6. The van der Waals surface area contributed by atoms with Gasteiger partial charge in [-0.05, 0) is 43.0 Å². The largest absolute Gasteiger partial charge is 0.455 e. The molecule has 40 heavy (non-hydrogen) atoms. The molecule has 1 aromatic carbocycles. The molecule has 10 nitrogen and oxygen atoms in total. The first-order chi connectivity index (χ1) is 18.7. The van der Waals surface area contributed by atoms with E-state index >= 15 is 0 Å². The number of Topliss-reactive ketones (excluding diaryl/α,β-unsaturated/α-hetero) is 1. The molecule has 0 aromatic heterocycles. The van der Waals surface area contributed by atoms with E-state index in [1.165, 1.54) is 6.92 Å². The van der Waals surface area contributed by atoms with Gasteiger partial charge >= 0.3 is 11.9 Å². The van der Waals surface area contributed by atoms with Crippen molar-refractivity contribution in [3.05, 3.63) is 47.0 Å². The van der Waals surface area contributed by atoms with Crippen LogP contribution in [0.15, 0.2) is 41.5 Å². The van der Waals surface area contributed by atoms with E-state index in [1.54, 1.807) is 58.0 Å². The standard InChI is InChI=1S/C30H36O10/c1-16-19(33)13-30(36)25(39-26(35)18-9-7-6-8-10-18)23-28(5,12-11-20-29(23,14-37-20)40-17(2)32)24(34)22(38-15-31)21(16)27(30,3)4/h6-10,15,19-20,22-23,25,33,36H,11-14H2,1-5H3/t19-,20+,22+,23-,25+,28+,29-,30+/m0/s1. The summed E-state index contributed by atoms with van der Waals surface area (Å²) in [6.07, 6.45) is -4.35. The minimum absolute atomic E-state index is 0.0792. The molecular formula is C30H36O10. The first-order valence-electron chi connectivity index (χ1n) is 13.6. The van der Waals surface area contributed by atoms with Crippen LogP contribution in [0.3, 0.4) is 0 Å². The molecule has 1 saturated heterocycles. The fraction of sp³-hybridized carbons (Fsp3) is 0.600. The Kier molecular flexibility index (Phi) is 6.75. The van der Waals surface area contributed by atoms with E-state index in [4.69, 9.17) is 18.9 Å². The highest BCUT2D eigenvalue weighted by Crippen LogP contribution is 2.64. The second-order valence-corrected chi connectivity index (χ2v) is 12.3. The van der Waals surface area contributed by atoms with Crippen molar-refractivity contribution in [2.45, 2.75) is 89.5 Å². The highest BCUT2D eigenvalue weighted by Gasteiger charge is 2.76. The highest BCUT2D eigenvalue weighted by atomic mass is 16.6. The normalized spacial score (nSPS) is 39.9. The van der Waals surface area contributed by atoms with Crippen LogP contribution in [0.4, 0.5) is 0 Å². The van der Waals surface area contributed by atoms with Gasteiger partial charge in [0.05, 0.1) is 24.2 Å². The van der Waals surface area contributed by atoms with Crippen molar-refractivity contribution >= 4 is 24.2 Å². The van der Waals surface area contributed by atoms with E-state index in [0.717, 1.165) is 0 Å². The number of fused-ring (bicyclic) bond motifs is 5. The van der Waals surface area contributed by atoms with Gasteiger partial charge in [0.25, 0.3) is 6.47 Å². The molecule has 2 saturated carbocycles. The second-order valence-electron chi connectivity index (χ2n) is 12.3. The molecule has 0 spiro atoms. The zero-order valence-corrected chi connectivity index (χ0v) is 23.3. The van der Waals surface area contributed by atoms with Crippen LogP contribution in [0.25, 0.3) is 0 Å². The lowest BCUT2D eigenvalue weighted by Gasteiger charge is -2.66. The van der Waals surface area contributed by atoms with Gasteiger partial charge in [-0.25, -0.2) is 4.79 Å². The van der Waals surface area contributed by atoms with Crippen LogP contribution >= 0.6 is 0 Å². The molecule has 1 aromatic rings. The molecule has 1 heterocycles. The Hall–Kier alpha value is -3.08. The molecule has 8 atom stereocenters. The quantitative estimate of drug-likeness (QED) is 0.240. The molecule has 1 aliphatic heterocycles. The van der Waals surface area contributed by atoms with Gasteiger partial charge in [0.1, 0.15) is 17.8 Å². The van der Waals surface area contributed by atoms with Crippen molar-refractivity contribution in [3.8, 4) is 0 Å². The van der Waals surface area contributed by atoms with Gasteiger partial charge in [0, 0.05) is 24.2 Å². The van der Waals surface area contributed by atoms with Gasteiger partial charge < -0.3 is 29.2 Å². The highest BCUT2D eigenvalue weighted by molar-refractivity contribution is 5.94. The van der Waals surface area contributed by atoms with Crippen LogP contribution < -0.4 is 0 Å². The summed E-state index contributed by atoms with van der Waals surface area (Å²) in [5, 5.41) is 24.0. The number of ether oxygens (including phenoxy) is 4. The Balaban J connectivity index is 1.80. The van der Waals surface area contributed by atoms with E-state index in [-0.39, 0.29) is 37.1 Å². The number of esters is 2. The number of hydrogen-bond acceptors (Lipinski definition) is 10. The fourth-order valence-corrected chi connectivity index (χ4v) is 7.83. The molecule has 10 heteroatoms. The summed E-state index contributed by atoms with van der Waals surface area (Å²) in [4.78, 5) is 52.5. The number of carbonyl (C=O) groups excluding carboxylic acids is 4. The average Bonchev–Trinajstić information content (AvgIpc) is 2.88. The summed E-state index contributed by atoms with van der Waals surface area (Å²) in [6, 6.07) is 8.24. The number of hydrogen-bond donors (Lipinski definition) is 2. The zero-order valence-electron chi connectivity index (χ0n) is 23.3. The fourth-order valence-electron chi connectivity index (χ4n) is 7.83. The third-order valence-electron chi connectivity index (χ3n) is 9.98. The molecule has 3 fully saturated rings. The van der Waals surface area contributed by atoms with Crippen molar-refractivity contribution in [2.24, 2.45) is 16.7 Å². The summed E-state index contributed by atoms with van der Waals surface area (Å²) in [7, 11) is 0. The molecular weight excluding hydrogens is 520 g/mol. The number of rotatable bonds is 5. The van der Waals surface area contributed by atoms with Crippen LogP contribution in [0, 0.1) is 16.7 Å². The van der Waals surface area contributed by atoms with Crippen LogP contribution in [-0.2, 0) is 33.3 Å². The van der Waals surface area contributed by atoms with Gasteiger partial charge in [0.2, 0.25) is 0 Å². The molecule has 0 radical (unpaired) electrons. The monoisotopic (exact) mass is 556 g/mol. The Morgan fingerprint density at radius 2 is 1.82 bits per heavy atom. The molecule has 2 N–H and O–H groups in total. The SMILES string of the molecule is CC(=O)O[C@@]12CO[C@@H]1CC[C@@]1(C)C(=O)[C@H](OC=O)C3=C(C)[C@@H](O)C[C@@](O)([C@H](OC(=O)c4ccccc4)[C@H]21)C3(C)C. The molecule has 2 bridgehead atoms. The third kappa shape index (κ3) is 3.79. The lowest BCUT2D eigenvalue weighted by Crippen LogP contribution is -2.79. The van der Waals surface area contributed by atoms with E-state index in [1.807, 2.05) is 0 Å². The van der Waals surface area contributed by atoms with E-state index in [2.05, 4.69) is 0 Å². The van der Waals surface area contributed by atoms with Gasteiger partial charge in [-0.15, -0.1) is 0 Å². The Morgan fingerprint density at radius 3 is 2.40 bits per heavy atom.